The summed E-state index contributed by atoms with van der Waals surface area (Å²) in [5.74, 6) is 0.919. The minimum absolute atomic E-state index is 0.396. The Morgan fingerprint density at radius 2 is 1.88 bits per heavy atom. The maximum Gasteiger partial charge on any atom is 0.137 e. The monoisotopic (exact) mass is 318 g/mol. The summed E-state index contributed by atoms with van der Waals surface area (Å²) < 4.78 is 4.05. The number of hydrogen-bond acceptors (Lipinski definition) is 2. The second-order valence-corrected chi connectivity index (χ2v) is 6.88. The second-order valence-electron chi connectivity index (χ2n) is 6.88. The zero-order chi connectivity index (χ0) is 16.7. The van der Waals surface area contributed by atoms with Gasteiger partial charge < -0.3 is 4.40 Å². The first kappa shape index (κ1) is 14.9. The quantitative estimate of drug-likeness (QED) is 0.557. The van der Waals surface area contributed by atoms with Crippen LogP contribution in [-0.4, -0.2) is 19.0 Å². The van der Waals surface area contributed by atoms with E-state index in [0.717, 1.165) is 23.3 Å². The molecule has 0 aliphatic carbocycles. The molecule has 4 nitrogen and oxygen atoms in total. The van der Waals surface area contributed by atoms with Crippen molar-refractivity contribution in [3.05, 3.63) is 71.9 Å². The number of fused-ring (bicyclic) bond motifs is 2. The Morgan fingerprint density at radius 3 is 2.71 bits per heavy atom. The molecular weight excluding hydrogens is 296 g/mol. The number of pyridine rings is 2. The molecule has 0 aliphatic rings. The van der Waals surface area contributed by atoms with Crippen LogP contribution in [0, 0.1) is 0 Å². The minimum Gasteiger partial charge on any atom is -0.307 e. The average Bonchev–Trinajstić information content (AvgIpc) is 3.18. The first-order valence-electron chi connectivity index (χ1n) is 8.51. The van der Waals surface area contributed by atoms with Crippen LogP contribution >= 0.6 is 0 Å². The smallest absolute Gasteiger partial charge is 0.137 e. The average molecular weight is 318 g/mol. The summed E-state index contributed by atoms with van der Waals surface area (Å²) in [7, 11) is 0. The predicted octanol–water partition coefficient (Wildman–Crippen LogP) is 4.45. The molecule has 122 valence electrons. The van der Waals surface area contributed by atoms with E-state index in [1.54, 1.807) is 0 Å². The van der Waals surface area contributed by atoms with Gasteiger partial charge in [0.05, 0.1) is 11.2 Å². The van der Waals surface area contributed by atoms with Crippen LogP contribution < -0.4 is 0 Å². The molecule has 0 saturated heterocycles. The Bertz CT molecular complexity index is 993. The van der Waals surface area contributed by atoms with Crippen molar-refractivity contribution >= 4 is 11.2 Å². The Balaban J connectivity index is 1.60. The Hall–Kier alpha value is -2.62. The SMILES string of the molecule is CC(C)c1ccn2cc(CC(C)c3ccc4ccnn4c3)nc2c1. The third-order valence-electron chi connectivity index (χ3n) is 4.70. The van der Waals surface area contributed by atoms with Gasteiger partial charge in [-0.1, -0.05) is 26.8 Å². The first-order chi connectivity index (χ1) is 11.6. The largest absolute Gasteiger partial charge is 0.307 e. The molecule has 1 atom stereocenters. The zero-order valence-corrected chi connectivity index (χ0v) is 14.3. The molecule has 0 amide bonds. The number of hydrogen-bond donors (Lipinski definition) is 0. The molecule has 0 radical (unpaired) electrons. The standard InChI is InChI=1S/C20H22N4/c1-14(2)16-7-9-23-13-18(22-20(23)11-16)10-15(3)17-4-5-19-6-8-21-24(19)12-17/h4-9,11-15H,10H2,1-3H3. The molecule has 4 aromatic heterocycles. The Morgan fingerprint density at radius 1 is 1.00 bits per heavy atom. The van der Waals surface area contributed by atoms with Crippen molar-refractivity contribution in [3.8, 4) is 0 Å². The number of imidazole rings is 1. The first-order valence-corrected chi connectivity index (χ1v) is 8.51. The van der Waals surface area contributed by atoms with Crippen molar-refractivity contribution in [1.29, 1.82) is 0 Å². The van der Waals surface area contributed by atoms with E-state index in [2.05, 4.69) is 73.1 Å². The summed E-state index contributed by atoms with van der Waals surface area (Å²) in [5.41, 5.74) is 5.90. The van der Waals surface area contributed by atoms with Gasteiger partial charge in [-0.3, -0.25) is 0 Å². The van der Waals surface area contributed by atoms with Crippen LogP contribution in [-0.2, 0) is 6.42 Å². The third-order valence-corrected chi connectivity index (χ3v) is 4.70. The molecule has 4 aromatic rings. The molecule has 0 aliphatic heterocycles. The lowest BCUT2D eigenvalue weighted by Gasteiger charge is -2.10. The Kier molecular flexibility index (Phi) is 3.60. The van der Waals surface area contributed by atoms with E-state index >= 15 is 0 Å². The lowest BCUT2D eigenvalue weighted by atomic mass is 9.98. The molecule has 0 spiro atoms. The minimum atomic E-state index is 0.396. The van der Waals surface area contributed by atoms with Crippen molar-refractivity contribution < 1.29 is 0 Å². The fourth-order valence-electron chi connectivity index (χ4n) is 3.16. The maximum absolute atomic E-state index is 4.81. The topological polar surface area (TPSA) is 34.6 Å². The summed E-state index contributed by atoms with van der Waals surface area (Å²) in [5, 5.41) is 4.33. The van der Waals surface area contributed by atoms with E-state index in [1.165, 1.54) is 11.1 Å². The van der Waals surface area contributed by atoms with Gasteiger partial charge in [0.15, 0.2) is 0 Å². The van der Waals surface area contributed by atoms with E-state index in [4.69, 9.17) is 4.98 Å². The fraction of sp³-hybridized carbons (Fsp3) is 0.300. The van der Waals surface area contributed by atoms with Crippen molar-refractivity contribution in [2.75, 3.05) is 0 Å². The van der Waals surface area contributed by atoms with Crippen molar-refractivity contribution in [2.24, 2.45) is 0 Å². The summed E-state index contributed by atoms with van der Waals surface area (Å²) in [6, 6.07) is 10.7. The third kappa shape index (κ3) is 2.68. The van der Waals surface area contributed by atoms with Crippen LogP contribution in [0.2, 0.25) is 0 Å². The van der Waals surface area contributed by atoms with Crippen LogP contribution in [0.4, 0.5) is 0 Å². The molecule has 0 aromatic carbocycles. The predicted molar refractivity (Wildman–Crippen MR) is 96.6 cm³/mol. The molecule has 0 saturated carbocycles. The molecule has 4 rings (SSSR count). The van der Waals surface area contributed by atoms with Gasteiger partial charge in [-0.15, -0.1) is 0 Å². The van der Waals surface area contributed by atoms with Gasteiger partial charge in [0.1, 0.15) is 5.65 Å². The Labute approximate surface area is 141 Å². The highest BCUT2D eigenvalue weighted by molar-refractivity contribution is 5.47. The number of aromatic nitrogens is 4. The summed E-state index contributed by atoms with van der Waals surface area (Å²) in [6.07, 6.45) is 9.13. The van der Waals surface area contributed by atoms with E-state index in [9.17, 15) is 0 Å². The summed E-state index contributed by atoms with van der Waals surface area (Å²) in [6.45, 7) is 6.67. The summed E-state index contributed by atoms with van der Waals surface area (Å²) >= 11 is 0. The van der Waals surface area contributed by atoms with E-state index in [0.29, 0.717) is 11.8 Å². The van der Waals surface area contributed by atoms with Crippen LogP contribution in [0.3, 0.4) is 0 Å². The lowest BCUT2D eigenvalue weighted by Crippen LogP contribution is -2.01. The highest BCUT2D eigenvalue weighted by Crippen LogP contribution is 2.22. The van der Waals surface area contributed by atoms with Gasteiger partial charge in [-0.25, -0.2) is 9.50 Å². The van der Waals surface area contributed by atoms with Crippen LogP contribution in [0.15, 0.2) is 55.1 Å². The highest BCUT2D eigenvalue weighted by Gasteiger charge is 2.11. The second kappa shape index (κ2) is 5.78. The highest BCUT2D eigenvalue weighted by atomic mass is 15.2. The van der Waals surface area contributed by atoms with Crippen molar-refractivity contribution in [1.82, 2.24) is 19.0 Å². The molecule has 0 bridgehead atoms. The number of rotatable bonds is 4. The molecule has 24 heavy (non-hydrogen) atoms. The molecule has 0 fully saturated rings. The normalized spacial score (nSPS) is 13.2. The van der Waals surface area contributed by atoms with Gasteiger partial charge in [0, 0.05) is 24.8 Å². The van der Waals surface area contributed by atoms with Gasteiger partial charge in [0.25, 0.3) is 0 Å². The van der Waals surface area contributed by atoms with Crippen LogP contribution in [0.5, 0.6) is 0 Å². The van der Waals surface area contributed by atoms with Crippen LogP contribution in [0.1, 0.15) is 49.4 Å². The van der Waals surface area contributed by atoms with E-state index < -0.39 is 0 Å². The van der Waals surface area contributed by atoms with E-state index in [-0.39, 0.29) is 0 Å². The van der Waals surface area contributed by atoms with E-state index in [1.807, 2.05) is 16.8 Å². The van der Waals surface area contributed by atoms with Gasteiger partial charge in [-0.05, 0) is 53.6 Å². The molecule has 1 unspecified atom stereocenters. The number of nitrogens with zero attached hydrogens (tertiary/aromatic N) is 4. The van der Waals surface area contributed by atoms with Gasteiger partial charge >= 0.3 is 0 Å². The van der Waals surface area contributed by atoms with Crippen molar-refractivity contribution in [3.63, 3.8) is 0 Å². The van der Waals surface area contributed by atoms with Crippen LogP contribution in [0.25, 0.3) is 11.2 Å². The molecule has 0 N–H and O–H groups in total. The molecule has 4 heteroatoms. The zero-order valence-electron chi connectivity index (χ0n) is 14.3. The lowest BCUT2D eigenvalue weighted by molar-refractivity contribution is 0.734. The van der Waals surface area contributed by atoms with Gasteiger partial charge in [0.2, 0.25) is 0 Å². The van der Waals surface area contributed by atoms with Gasteiger partial charge in [-0.2, -0.15) is 5.10 Å². The maximum atomic E-state index is 4.81. The van der Waals surface area contributed by atoms with Crippen molar-refractivity contribution in [2.45, 2.75) is 39.0 Å². The molecular formula is C20H22N4. The molecule has 4 heterocycles. The summed E-state index contributed by atoms with van der Waals surface area (Å²) in [4.78, 5) is 4.81. The fourth-order valence-corrected chi connectivity index (χ4v) is 3.16.